The molecular formula is C7H13N3O. The first-order valence-electron chi connectivity index (χ1n) is 3.48. The fourth-order valence-corrected chi connectivity index (χ4v) is 0.910. The van der Waals surface area contributed by atoms with Crippen molar-refractivity contribution in [1.29, 1.82) is 0 Å². The summed E-state index contributed by atoms with van der Waals surface area (Å²) in [5, 5.41) is 0. The molecule has 0 fully saturated rings. The SMILES string of the molecule is CN1C=CN(C(=O)N(C)C)C1. The first-order chi connectivity index (χ1) is 5.11. The molecule has 0 unspecified atom stereocenters. The fourth-order valence-electron chi connectivity index (χ4n) is 0.910. The molecule has 0 aromatic carbocycles. The van der Waals surface area contributed by atoms with Gasteiger partial charge < -0.3 is 9.80 Å². The van der Waals surface area contributed by atoms with Crippen LogP contribution in [0, 0.1) is 0 Å². The highest BCUT2D eigenvalue weighted by Crippen LogP contribution is 2.05. The number of urea groups is 1. The smallest absolute Gasteiger partial charge is 0.325 e. The van der Waals surface area contributed by atoms with Crippen molar-refractivity contribution < 1.29 is 4.79 Å². The number of nitrogens with zero attached hydrogens (tertiary/aromatic N) is 3. The van der Waals surface area contributed by atoms with E-state index in [2.05, 4.69) is 0 Å². The highest BCUT2D eigenvalue weighted by molar-refractivity contribution is 5.75. The highest BCUT2D eigenvalue weighted by atomic mass is 16.2. The molecule has 0 radical (unpaired) electrons. The maximum Gasteiger partial charge on any atom is 0.325 e. The predicted octanol–water partition coefficient (Wildman–Crippen LogP) is 0.344. The average molecular weight is 155 g/mol. The average Bonchev–Trinajstić information content (AvgIpc) is 2.34. The van der Waals surface area contributed by atoms with E-state index in [4.69, 9.17) is 0 Å². The fraction of sp³-hybridized carbons (Fsp3) is 0.571. The third kappa shape index (κ3) is 1.63. The van der Waals surface area contributed by atoms with Crippen LogP contribution in [0.1, 0.15) is 0 Å². The van der Waals surface area contributed by atoms with Gasteiger partial charge in [-0.3, -0.25) is 4.90 Å². The Kier molecular flexibility index (Phi) is 2.03. The van der Waals surface area contributed by atoms with Gasteiger partial charge in [-0.15, -0.1) is 0 Å². The van der Waals surface area contributed by atoms with Crippen LogP contribution in [0.2, 0.25) is 0 Å². The zero-order valence-electron chi connectivity index (χ0n) is 7.11. The van der Waals surface area contributed by atoms with Gasteiger partial charge in [-0.05, 0) is 0 Å². The Morgan fingerprint density at radius 1 is 1.45 bits per heavy atom. The Balaban J connectivity index is 2.51. The second kappa shape index (κ2) is 2.82. The quantitative estimate of drug-likeness (QED) is 0.504. The maximum atomic E-state index is 11.3. The molecule has 1 aliphatic heterocycles. The number of hydrogen-bond donors (Lipinski definition) is 0. The van der Waals surface area contributed by atoms with E-state index in [0.29, 0.717) is 6.67 Å². The van der Waals surface area contributed by atoms with Gasteiger partial charge in [0.1, 0.15) is 0 Å². The Morgan fingerprint density at radius 3 is 2.45 bits per heavy atom. The highest BCUT2D eigenvalue weighted by Gasteiger charge is 2.17. The van der Waals surface area contributed by atoms with Crippen molar-refractivity contribution in [2.24, 2.45) is 0 Å². The number of hydrogen-bond acceptors (Lipinski definition) is 2. The lowest BCUT2D eigenvalue weighted by atomic mass is 10.7. The molecule has 1 aliphatic rings. The summed E-state index contributed by atoms with van der Waals surface area (Å²) in [5.74, 6) is 0. The minimum absolute atomic E-state index is 0.0191. The third-order valence-corrected chi connectivity index (χ3v) is 1.50. The van der Waals surface area contributed by atoms with Crippen LogP contribution in [0.5, 0.6) is 0 Å². The molecule has 0 bridgehead atoms. The van der Waals surface area contributed by atoms with Crippen molar-refractivity contribution in [3.63, 3.8) is 0 Å². The van der Waals surface area contributed by atoms with Gasteiger partial charge >= 0.3 is 6.03 Å². The molecule has 0 atom stereocenters. The molecule has 0 saturated heterocycles. The molecule has 1 rings (SSSR count). The van der Waals surface area contributed by atoms with Gasteiger partial charge in [0.25, 0.3) is 0 Å². The summed E-state index contributed by atoms with van der Waals surface area (Å²) >= 11 is 0. The summed E-state index contributed by atoms with van der Waals surface area (Å²) in [7, 11) is 5.42. The first-order valence-corrected chi connectivity index (χ1v) is 3.48. The van der Waals surface area contributed by atoms with Gasteiger partial charge in [0.05, 0.1) is 6.67 Å². The van der Waals surface area contributed by atoms with E-state index in [1.54, 1.807) is 30.1 Å². The van der Waals surface area contributed by atoms with Crippen LogP contribution in [-0.2, 0) is 0 Å². The van der Waals surface area contributed by atoms with Gasteiger partial charge in [0, 0.05) is 33.5 Å². The Hall–Kier alpha value is -1.19. The maximum absolute atomic E-state index is 11.3. The zero-order valence-corrected chi connectivity index (χ0v) is 7.11. The summed E-state index contributed by atoms with van der Waals surface area (Å²) in [4.78, 5) is 16.4. The van der Waals surface area contributed by atoms with E-state index in [-0.39, 0.29) is 6.03 Å². The summed E-state index contributed by atoms with van der Waals surface area (Å²) < 4.78 is 0. The van der Waals surface area contributed by atoms with Crippen LogP contribution in [0.3, 0.4) is 0 Å². The van der Waals surface area contributed by atoms with Crippen LogP contribution < -0.4 is 0 Å². The van der Waals surface area contributed by atoms with Crippen molar-refractivity contribution in [2.75, 3.05) is 27.8 Å². The second-order valence-electron chi connectivity index (χ2n) is 2.84. The van der Waals surface area contributed by atoms with Crippen molar-refractivity contribution in [2.45, 2.75) is 0 Å². The van der Waals surface area contributed by atoms with E-state index in [1.807, 2.05) is 18.1 Å². The molecule has 11 heavy (non-hydrogen) atoms. The van der Waals surface area contributed by atoms with Crippen LogP contribution in [0.4, 0.5) is 4.79 Å². The molecular weight excluding hydrogens is 142 g/mol. The number of amides is 2. The lowest BCUT2D eigenvalue weighted by Gasteiger charge is -2.20. The molecule has 0 aromatic heterocycles. The number of carbonyl (C=O) groups is 1. The van der Waals surface area contributed by atoms with Crippen molar-refractivity contribution in [1.82, 2.24) is 14.7 Å². The molecule has 0 aromatic rings. The molecule has 0 N–H and O–H groups in total. The van der Waals surface area contributed by atoms with Gasteiger partial charge in [-0.1, -0.05) is 0 Å². The van der Waals surface area contributed by atoms with Gasteiger partial charge in [0.15, 0.2) is 0 Å². The van der Waals surface area contributed by atoms with Gasteiger partial charge in [0.2, 0.25) is 0 Å². The van der Waals surface area contributed by atoms with E-state index in [0.717, 1.165) is 0 Å². The Bertz CT molecular complexity index is 188. The van der Waals surface area contributed by atoms with Crippen LogP contribution in [0.25, 0.3) is 0 Å². The summed E-state index contributed by atoms with van der Waals surface area (Å²) in [6.45, 7) is 0.650. The molecule has 2 amide bonds. The lowest BCUT2D eigenvalue weighted by Crippen LogP contribution is -2.36. The molecule has 4 nitrogen and oxygen atoms in total. The minimum atomic E-state index is 0.0191. The molecule has 0 spiro atoms. The third-order valence-electron chi connectivity index (χ3n) is 1.50. The normalized spacial score (nSPS) is 15.9. The van der Waals surface area contributed by atoms with Crippen molar-refractivity contribution in [3.8, 4) is 0 Å². The number of carbonyl (C=O) groups excluding carboxylic acids is 1. The summed E-state index contributed by atoms with van der Waals surface area (Å²) in [6, 6.07) is 0.0191. The molecule has 0 aliphatic carbocycles. The van der Waals surface area contributed by atoms with Gasteiger partial charge in [-0.2, -0.15) is 0 Å². The second-order valence-corrected chi connectivity index (χ2v) is 2.84. The lowest BCUT2D eigenvalue weighted by molar-refractivity contribution is 0.181. The van der Waals surface area contributed by atoms with Crippen molar-refractivity contribution in [3.05, 3.63) is 12.4 Å². The molecule has 4 heteroatoms. The summed E-state index contributed by atoms with van der Waals surface area (Å²) in [6.07, 6.45) is 3.66. The summed E-state index contributed by atoms with van der Waals surface area (Å²) in [5.41, 5.74) is 0. The Morgan fingerprint density at radius 2 is 2.09 bits per heavy atom. The molecule has 1 heterocycles. The van der Waals surface area contributed by atoms with Crippen molar-refractivity contribution >= 4 is 6.03 Å². The van der Waals surface area contributed by atoms with E-state index >= 15 is 0 Å². The van der Waals surface area contributed by atoms with Crippen LogP contribution in [-0.4, -0.2) is 48.5 Å². The topological polar surface area (TPSA) is 26.8 Å². The van der Waals surface area contributed by atoms with Crippen LogP contribution >= 0.6 is 0 Å². The zero-order chi connectivity index (χ0) is 8.43. The first kappa shape index (κ1) is 7.91. The van der Waals surface area contributed by atoms with Crippen LogP contribution in [0.15, 0.2) is 12.4 Å². The Labute approximate surface area is 66.7 Å². The minimum Gasteiger partial charge on any atom is -0.361 e. The van der Waals surface area contributed by atoms with Gasteiger partial charge in [-0.25, -0.2) is 4.79 Å². The van der Waals surface area contributed by atoms with E-state index in [9.17, 15) is 4.79 Å². The molecule has 0 saturated carbocycles. The number of rotatable bonds is 0. The largest absolute Gasteiger partial charge is 0.361 e. The van der Waals surface area contributed by atoms with E-state index < -0.39 is 0 Å². The molecule has 62 valence electrons. The van der Waals surface area contributed by atoms with E-state index in [1.165, 1.54) is 0 Å². The monoisotopic (exact) mass is 155 g/mol. The predicted molar refractivity (Wildman–Crippen MR) is 42.7 cm³/mol. The standard InChI is InChI=1S/C7H13N3O/c1-8(2)7(11)10-5-4-9(3)6-10/h4-5H,6H2,1-3H3.